The normalized spacial score (nSPS) is 12.3. The molecule has 0 aliphatic heterocycles. The van der Waals surface area contributed by atoms with Crippen molar-refractivity contribution < 1.29 is 12.8 Å². The fourth-order valence-corrected chi connectivity index (χ4v) is 4.86. The molecule has 0 N–H and O–H groups in total. The number of sulfonamides is 1. The van der Waals surface area contributed by atoms with Gasteiger partial charge in [-0.15, -0.1) is 0 Å². The lowest BCUT2D eigenvalue weighted by Crippen LogP contribution is -2.41. The van der Waals surface area contributed by atoms with Gasteiger partial charge in [-0.05, 0) is 31.0 Å². The van der Waals surface area contributed by atoms with Crippen LogP contribution in [0.25, 0.3) is 0 Å². The molecule has 0 aliphatic carbocycles. The van der Waals surface area contributed by atoms with Gasteiger partial charge in [-0.2, -0.15) is 4.31 Å². The first-order chi connectivity index (χ1) is 9.38. The minimum Gasteiger partial charge on any atom is -0.207 e. The van der Waals surface area contributed by atoms with Crippen LogP contribution in [-0.4, -0.2) is 30.6 Å². The molecule has 0 fully saturated rings. The number of hydrogen-bond donors (Lipinski definition) is 0. The standard InChI is InChI=1S/C13H18Br2FNO2S/c1-3-11(4-2)17(8-7-14)20(18,19)13-6-5-10(15)9-12(13)16/h5-6,9,11H,3-4,7-8H2,1-2H3. The topological polar surface area (TPSA) is 37.4 Å². The van der Waals surface area contributed by atoms with Gasteiger partial charge in [0.25, 0.3) is 0 Å². The Hall–Kier alpha value is 0.0200. The van der Waals surface area contributed by atoms with Gasteiger partial charge < -0.3 is 0 Å². The lowest BCUT2D eigenvalue weighted by molar-refractivity contribution is 0.316. The van der Waals surface area contributed by atoms with E-state index in [9.17, 15) is 12.8 Å². The summed E-state index contributed by atoms with van der Waals surface area (Å²) in [6, 6.07) is 3.89. The van der Waals surface area contributed by atoms with Crippen molar-refractivity contribution in [2.75, 3.05) is 11.9 Å². The summed E-state index contributed by atoms with van der Waals surface area (Å²) >= 11 is 6.40. The highest BCUT2D eigenvalue weighted by Crippen LogP contribution is 2.25. The van der Waals surface area contributed by atoms with Crippen LogP contribution in [0.1, 0.15) is 26.7 Å². The van der Waals surface area contributed by atoms with Crippen LogP contribution in [0.15, 0.2) is 27.6 Å². The van der Waals surface area contributed by atoms with E-state index in [1.54, 1.807) is 0 Å². The average Bonchev–Trinajstić information content (AvgIpc) is 2.38. The van der Waals surface area contributed by atoms with Crippen LogP contribution in [0, 0.1) is 5.82 Å². The van der Waals surface area contributed by atoms with E-state index >= 15 is 0 Å². The van der Waals surface area contributed by atoms with Crippen LogP contribution < -0.4 is 0 Å². The Morgan fingerprint density at radius 3 is 2.35 bits per heavy atom. The molecule has 1 aromatic rings. The van der Waals surface area contributed by atoms with E-state index in [2.05, 4.69) is 31.9 Å². The van der Waals surface area contributed by atoms with Gasteiger partial charge in [0.2, 0.25) is 10.0 Å². The van der Waals surface area contributed by atoms with Crippen molar-refractivity contribution in [2.24, 2.45) is 0 Å². The molecule has 0 aromatic heterocycles. The lowest BCUT2D eigenvalue weighted by Gasteiger charge is -2.29. The molecule has 0 radical (unpaired) electrons. The summed E-state index contributed by atoms with van der Waals surface area (Å²) in [7, 11) is -3.83. The third-order valence-electron chi connectivity index (χ3n) is 3.14. The minimum atomic E-state index is -3.83. The quantitative estimate of drug-likeness (QED) is 0.609. The first kappa shape index (κ1) is 18.1. The number of benzene rings is 1. The molecule has 0 atom stereocenters. The second-order valence-corrected chi connectivity index (χ2v) is 7.92. The second kappa shape index (κ2) is 7.87. The molecule has 7 heteroatoms. The van der Waals surface area contributed by atoms with Gasteiger partial charge in [-0.1, -0.05) is 45.7 Å². The number of halogens is 3. The van der Waals surface area contributed by atoms with Crippen molar-refractivity contribution in [1.82, 2.24) is 4.31 Å². The third kappa shape index (κ3) is 4.02. The monoisotopic (exact) mass is 429 g/mol. The van der Waals surface area contributed by atoms with Gasteiger partial charge in [0.05, 0.1) is 0 Å². The molecule has 0 bridgehead atoms. The van der Waals surface area contributed by atoms with Gasteiger partial charge in [0.1, 0.15) is 10.7 Å². The minimum absolute atomic E-state index is 0.124. The van der Waals surface area contributed by atoms with Crippen molar-refractivity contribution in [2.45, 2.75) is 37.6 Å². The van der Waals surface area contributed by atoms with Crippen LogP contribution in [-0.2, 0) is 10.0 Å². The summed E-state index contributed by atoms with van der Waals surface area (Å²) in [4.78, 5) is -0.270. The highest BCUT2D eigenvalue weighted by Gasteiger charge is 2.31. The fourth-order valence-electron chi connectivity index (χ4n) is 2.09. The molecule has 1 rings (SSSR count). The van der Waals surface area contributed by atoms with Crippen molar-refractivity contribution >= 4 is 41.9 Å². The highest BCUT2D eigenvalue weighted by molar-refractivity contribution is 9.10. The maximum Gasteiger partial charge on any atom is 0.246 e. The maximum atomic E-state index is 14.0. The second-order valence-electron chi connectivity index (χ2n) is 4.35. The third-order valence-corrected chi connectivity index (χ3v) is 5.97. The van der Waals surface area contributed by atoms with Gasteiger partial charge in [0.15, 0.2) is 0 Å². The Kier molecular flexibility index (Phi) is 7.11. The zero-order valence-corrected chi connectivity index (χ0v) is 15.4. The molecule has 0 aliphatic rings. The Morgan fingerprint density at radius 2 is 1.90 bits per heavy atom. The molecule has 0 unspecified atom stereocenters. The number of alkyl halides is 1. The van der Waals surface area contributed by atoms with E-state index in [4.69, 9.17) is 0 Å². The molecule has 0 saturated carbocycles. The van der Waals surface area contributed by atoms with Crippen LogP contribution in [0.3, 0.4) is 0 Å². The predicted octanol–water partition coefficient (Wildman–Crippen LogP) is 4.16. The molecule has 20 heavy (non-hydrogen) atoms. The van der Waals surface area contributed by atoms with E-state index in [1.807, 2.05) is 13.8 Å². The van der Waals surface area contributed by atoms with Crippen LogP contribution >= 0.6 is 31.9 Å². The van der Waals surface area contributed by atoms with E-state index in [-0.39, 0.29) is 10.9 Å². The molecular weight excluding hydrogens is 413 g/mol. The first-order valence-electron chi connectivity index (χ1n) is 6.41. The van der Waals surface area contributed by atoms with Gasteiger partial charge in [0, 0.05) is 22.4 Å². The van der Waals surface area contributed by atoms with E-state index in [0.717, 1.165) is 0 Å². The summed E-state index contributed by atoms with van der Waals surface area (Å²) in [6.07, 6.45) is 1.39. The smallest absolute Gasteiger partial charge is 0.207 e. The Bertz CT molecular complexity index is 547. The SMILES string of the molecule is CCC(CC)N(CCBr)S(=O)(=O)c1ccc(Br)cc1F. The van der Waals surface area contributed by atoms with Crippen molar-refractivity contribution in [3.63, 3.8) is 0 Å². The molecule has 0 spiro atoms. The van der Waals surface area contributed by atoms with Crippen molar-refractivity contribution in [3.8, 4) is 0 Å². The van der Waals surface area contributed by atoms with Gasteiger partial charge in [-0.3, -0.25) is 0 Å². The van der Waals surface area contributed by atoms with E-state index in [1.165, 1.54) is 22.5 Å². The summed E-state index contributed by atoms with van der Waals surface area (Å²) < 4.78 is 41.2. The molecule has 0 saturated heterocycles. The first-order valence-corrected chi connectivity index (χ1v) is 9.76. The molecular formula is C13H18Br2FNO2S. The largest absolute Gasteiger partial charge is 0.246 e. The summed E-state index contributed by atoms with van der Waals surface area (Å²) in [6.45, 7) is 4.19. The number of hydrogen-bond acceptors (Lipinski definition) is 2. The summed E-state index contributed by atoms with van der Waals surface area (Å²) in [5.41, 5.74) is 0. The molecule has 3 nitrogen and oxygen atoms in total. The van der Waals surface area contributed by atoms with Crippen molar-refractivity contribution in [3.05, 3.63) is 28.5 Å². The molecule has 0 heterocycles. The lowest BCUT2D eigenvalue weighted by atomic mass is 10.2. The predicted molar refractivity (Wildman–Crippen MR) is 86.2 cm³/mol. The van der Waals surface area contributed by atoms with E-state index < -0.39 is 15.8 Å². The fraction of sp³-hybridized carbons (Fsp3) is 0.538. The summed E-state index contributed by atoms with van der Waals surface area (Å²) in [5.74, 6) is -0.732. The van der Waals surface area contributed by atoms with Crippen LogP contribution in [0.5, 0.6) is 0 Å². The van der Waals surface area contributed by atoms with Gasteiger partial charge >= 0.3 is 0 Å². The molecule has 114 valence electrons. The highest BCUT2D eigenvalue weighted by atomic mass is 79.9. The maximum absolute atomic E-state index is 14.0. The van der Waals surface area contributed by atoms with Crippen molar-refractivity contribution in [1.29, 1.82) is 0 Å². The van der Waals surface area contributed by atoms with Gasteiger partial charge in [-0.25, -0.2) is 12.8 Å². The van der Waals surface area contributed by atoms with E-state index in [0.29, 0.717) is 29.2 Å². The Morgan fingerprint density at radius 1 is 1.30 bits per heavy atom. The molecule has 1 aromatic carbocycles. The average molecular weight is 431 g/mol. The number of rotatable bonds is 7. The number of nitrogens with zero attached hydrogens (tertiary/aromatic N) is 1. The summed E-state index contributed by atoms with van der Waals surface area (Å²) in [5, 5.41) is 0.515. The molecule has 0 amide bonds. The zero-order chi connectivity index (χ0) is 15.3. The van der Waals surface area contributed by atoms with Crippen LogP contribution in [0.2, 0.25) is 0 Å². The Labute approximate surface area is 136 Å². The van der Waals surface area contributed by atoms with Crippen LogP contribution in [0.4, 0.5) is 4.39 Å². The zero-order valence-electron chi connectivity index (χ0n) is 11.4. The Balaban J connectivity index is 3.28.